The van der Waals surface area contributed by atoms with Crippen molar-refractivity contribution >= 4 is 28.3 Å². The summed E-state index contributed by atoms with van der Waals surface area (Å²) in [6.07, 6.45) is 0.617. The van der Waals surface area contributed by atoms with E-state index in [-0.39, 0.29) is 6.61 Å². The predicted octanol–water partition coefficient (Wildman–Crippen LogP) is 2.30. The second-order valence-electron chi connectivity index (χ2n) is 6.00. The number of nitrogens with one attached hydrogen (secondary N) is 2. The van der Waals surface area contributed by atoms with Gasteiger partial charge in [-0.05, 0) is 35.2 Å². The third-order valence-corrected chi connectivity index (χ3v) is 3.53. The van der Waals surface area contributed by atoms with Crippen LogP contribution in [-0.2, 0) is 9.59 Å². The van der Waals surface area contributed by atoms with Gasteiger partial charge in [-0.3, -0.25) is 9.59 Å². The molecule has 0 spiro atoms. The number of amides is 2. The molecule has 0 aromatic heterocycles. The smallest absolute Gasteiger partial charge is 0.313 e. The highest BCUT2D eigenvalue weighted by atomic mass is 16.3. The van der Waals surface area contributed by atoms with E-state index >= 15 is 0 Å². The molecule has 1 atom stereocenters. The zero-order chi connectivity index (χ0) is 16.8. The third-order valence-electron chi connectivity index (χ3n) is 3.53. The van der Waals surface area contributed by atoms with Crippen LogP contribution in [0.1, 0.15) is 20.3 Å². The molecule has 23 heavy (non-hydrogen) atoms. The van der Waals surface area contributed by atoms with Crippen LogP contribution in [0.4, 0.5) is 5.69 Å². The normalized spacial score (nSPS) is 12.2. The first-order valence-electron chi connectivity index (χ1n) is 7.71. The van der Waals surface area contributed by atoms with Crippen molar-refractivity contribution in [2.75, 3.05) is 11.9 Å². The molecule has 0 radical (unpaired) electrons. The summed E-state index contributed by atoms with van der Waals surface area (Å²) < 4.78 is 0. The molecule has 0 bridgehead atoms. The molecular weight excluding hydrogens is 292 g/mol. The summed E-state index contributed by atoms with van der Waals surface area (Å²) >= 11 is 0. The lowest BCUT2D eigenvalue weighted by molar-refractivity contribution is -0.136. The van der Waals surface area contributed by atoms with Gasteiger partial charge < -0.3 is 15.7 Å². The van der Waals surface area contributed by atoms with Gasteiger partial charge in [0.1, 0.15) is 0 Å². The predicted molar refractivity (Wildman–Crippen MR) is 91.0 cm³/mol. The maximum absolute atomic E-state index is 12.0. The average molecular weight is 314 g/mol. The van der Waals surface area contributed by atoms with Crippen molar-refractivity contribution in [3.05, 3.63) is 42.5 Å². The molecule has 2 amide bonds. The quantitative estimate of drug-likeness (QED) is 0.741. The van der Waals surface area contributed by atoms with Crippen molar-refractivity contribution in [1.82, 2.24) is 5.32 Å². The van der Waals surface area contributed by atoms with Crippen molar-refractivity contribution in [3.8, 4) is 0 Å². The fraction of sp³-hybridized carbons (Fsp3) is 0.333. The molecule has 0 saturated carbocycles. The average Bonchev–Trinajstić information content (AvgIpc) is 2.53. The molecule has 5 nitrogen and oxygen atoms in total. The molecule has 0 fully saturated rings. The maximum atomic E-state index is 12.0. The maximum Gasteiger partial charge on any atom is 0.313 e. The Bertz CT molecular complexity index is 697. The van der Waals surface area contributed by atoms with Gasteiger partial charge in [0.2, 0.25) is 0 Å². The van der Waals surface area contributed by atoms with E-state index in [1.807, 2.05) is 50.2 Å². The Balaban J connectivity index is 2.00. The van der Waals surface area contributed by atoms with Crippen molar-refractivity contribution < 1.29 is 14.7 Å². The van der Waals surface area contributed by atoms with E-state index in [0.717, 1.165) is 10.8 Å². The molecule has 2 aromatic rings. The van der Waals surface area contributed by atoms with Gasteiger partial charge >= 0.3 is 11.8 Å². The van der Waals surface area contributed by atoms with Gasteiger partial charge in [-0.25, -0.2) is 0 Å². The SMILES string of the molecule is CC(C)CC(CO)NC(=O)C(=O)Nc1ccc2ccccc2c1. The van der Waals surface area contributed by atoms with E-state index in [4.69, 9.17) is 0 Å². The van der Waals surface area contributed by atoms with E-state index in [1.54, 1.807) is 6.07 Å². The zero-order valence-corrected chi connectivity index (χ0v) is 13.4. The number of carbonyl (C=O) groups is 2. The summed E-state index contributed by atoms with van der Waals surface area (Å²) in [5.74, 6) is -1.16. The fourth-order valence-corrected chi connectivity index (χ4v) is 2.45. The Hall–Kier alpha value is -2.40. The van der Waals surface area contributed by atoms with Gasteiger partial charge in [0, 0.05) is 5.69 Å². The van der Waals surface area contributed by atoms with Crippen LogP contribution in [0, 0.1) is 5.92 Å². The highest BCUT2D eigenvalue weighted by Crippen LogP contribution is 2.18. The first kappa shape index (κ1) is 17.0. The van der Waals surface area contributed by atoms with Gasteiger partial charge in [0.25, 0.3) is 0 Å². The van der Waals surface area contributed by atoms with Gasteiger partial charge in [-0.1, -0.05) is 44.2 Å². The number of benzene rings is 2. The number of carbonyl (C=O) groups excluding carboxylic acids is 2. The minimum Gasteiger partial charge on any atom is -0.394 e. The highest BCUT2D eigenvalue weighted by Gasteiger charge is 2.19. The van der Waals surface area contributed by atoms with Crippen LogP contribution in [-0.4, -0.2) is 29.6 Å². The lowest BCUT2D eigenvalue weighted by Gasteiger charge is -2.17. The molecule has 0 saturated heterocycles. The summed E-state index contributed by atoms with van der Waals surface area (Å²) in [5.41, 5.74) is 0.563. The number of aliphatic hydroxyl groups is 1. The molecular formula is C18H22N2O3. The molecule has 3 N–H and O–H groups in total. The van der Waals surface area contributed by atoms with Crippen molar-refractivity contribution in [2.24, 2.45) is 5.92 Å². The fourth-order valence-electron chi connectivity index (χ4n) is 2.45. The first-order valence-corrected chi connectivity index (χ1v) is 7.71. The zero-order valence-electron chi connectivity index (χ0n) is 13.4. The lowest BCUT2D eigenvalue weighted by atomic mass is 10.0. The molecule has 2 rings (SSSR count). The van der Waals surface area contributed by atoms with E-state index in [0.29, 0.717) is 18.0 Å². The Kier molecular flexibility index (Phi) is 5.71. The molecule has 0 aliphatic rings. The largest absolute Gasteiger partial charge is 0.394 e. The van der Waals surface area contributed by atoms with Crippen LogP contribution in [0.2, 0.25) is 0 Å². The molecule has 0 heterocycles. The summed E-state index contributed by atoms with van der Waals surface area (Å²) in [7, 11) is 0. The van der Waals surface area contributed by atoms with E-state index in [2.05, 4.69) is 10.6 Å². The molecule has 5 heteroatoms. The van der Waals surface area contributed by atoms with Crippen LogP contribution >= 0.6 is 0 Å². The van der Waals surface area contributed by atoms with E-state index < -0.39 is 17.9 Å². The van der Waals surface area contributed by atoms with Crippen molar-refractivity contribution in [3.63, 3.8) is 0 Å². The number of fused-ring (bicyclic) bond motifs is 1. The second kappa shape index (κ2) is 7.74. The van der Waals surface area contributed by atoms with Crippen LogP contribution in [0.3, 0.4) is 0 Å². The summed E-state index contributed by atoms with van der Waals surface area (Å²) in [4.78, 5) is 23.9. The van der Waals surface area contributed by atoms with Crippen molar-refractivity contribution in [2.45, 2.75) is 26.3 Å². The minimum atomic E-state index is -0.738. The first-order chi connectivity index (χ1) is 11.0. The lowest BCUT2D eigenvalue weighted by Crippen LogP contribution is -2.44. The standard InChI is InChI=1S/C18H22N2O3/c1-12(2)9-16(11-21)20-18(23)17(22)19-15-8-7-13-5-3-4-6-14(13)10-15/h3-8,10,12,16,21H,9,11H2,1-2H3,(H,19,22)(H,20,23). The minimum absolute atomic E-state index is 0.187. The monoisotopic (exact) mass is 314 g/mol. The number of anilines is 1. The Morgan fingerprint density at radius 1 is 1.04 bits per heavy atom. The van der Waals surface area contributed by atoms with Crippen LogP contribution in [0.25, 0.3) is 10.8 Å². The van der Waals surface area contributed by atoms with E-state index in [1.165, 1.54) is 0 Å². The number of rotatable bonds is 5. The summed E-state index contributed by atoms with van der Waals surface area (Å²) in [6.45, 7) is 3.79. The van der Waals surface area contributed by atoms with E-state index in [9.17, 15) is 14.7 Å². The highest BCUT2D eigenvalue weighted by molar-refractivity contribution is 6.39. The number of aliphatic hydroxyl groups excluding tert-OH is 1. The third kappa shape index (κ3) is 4.79. The summed E-state index contributed by atoms with van der Waals surface area (Å²) in [5, 5.41) is 16.5. The number of hydrogen-bond donors (Lipinski definition) is 3. The van der Waals surface area contributed by atoms with Crippen LogP contribution < -0.4 is 10.6 Å². The Morgan fingerprint density at radius 3 is 2.39 bits per heavy atom. The summed E-state index contributed by atoms with van der Waals surface area (Å²) in [6, 6.07) is 12.8. The Labute approximate surface area is 135 Å². The van der Waals surface area contributed by atoms with Crippen molar-refractivity contribution in [1.29, 1.82) is 0 Å². The molecule has 0 aliphatic carbocycles. The number of hydrogen-bond acceptors (Lipinski definition) is 3. The second-order valence-corrected chi connectivity index (χ2v) is 6.00. The molecule has 1 unspecified atom stereocenters. The van der Waals surface area contributed by atoms with Crippen LogP contribution in [0.5, 0.6) is 0 Å². The Morgan fingerprint density at radius 2 is 1.74 bits per heavy atom. The topological polar surface area (TPSA) is 78.4 Å². The molecule has 0 aliphatic heterocycles. The van der Waals surface area contributed by atoms with Gasteiger partial charge in [0.15, 0.2) is 0 Å². The van der Waals surface area contributed by atoms with Gasteiger partial charge in [-0.15, -0.1) is 0 Å². The molecule has 122 valence electrons. The van der Waals surface area contributed by atoms with Gasteiger partial charge in [0.05, 0.1) is 12.6 Å². The van der Waals surface area contributed by atoms with Crippen LogP contribution in [0.15, 0.2) is 42.5 Å². The molecule has 2 aromatic carbocycles. The van der Waals surface area contributed by atoms with Gasteiger partial charge in [-0.2, -0.15) is 0 Å².